The Balaban J connectivity index is 1.37. The number of thioether (sulfide) groups is 1. The third-order valence-electron chi connectivity index (χ3n) is 5.67. The Kier molecular flexibility index (Phi) is 6.61. The maximum Gasteiger partial charge on any atom is 0.286 e. The molecule has 2 aliphatic heterocycles. The van der Waals surface area contributed by atoms with Crippen LogP contribution >= 0.6 is 11.8 Å². The molecule has 2 aromatic rings. The van der Waals surface area contributed by atoms with Gasteiger partial charge in [0.25, 0.3) is 5.91 Å². The third kappa shape index (κ3) is 4.93. The molecule has 31 heavy (non-hydrogen) atoms. The van der Waals surface area contributed by atoms with Gasteiger partial charge in [-0.3, -0.25) is 4.79 Å². The summed E-state index contributed by atoms with van der Waals surface area (Å²) in [4.78, 5) is 24.1. The highest BCUT2D eigenvalue weighted by molar-refractivity contribution is 8.18. The van der Waals surface area contributed by atoms with Crippen LogP contribution in [0.4, 0.5) is 15.8 Å². The van der Waals surface area contributed by atoms with E-state index in [0.29, 0.717) is 4.91 Å². The molecule has 7 heteroatoms. The average molecular weight is 439 g/mol. The summed E-state index contributed by atoms with van der Waals surface area (Å²) in [5, 5.41) is 0.773. The SMILES string of the molecule is CCN(CC)c1ccc(C=C2SC(N3CCN(c4ccc(F)cc4)CC3)=NC2=O)cc1. The minimum atomic E-state index is -0.223. The topological polar surface area (TPSA) is 39.1 Å². The van der Waals surface area contributed by atoms with E-state index in [2.05, 4.69) is 45.7 Å². The molecular formula is C24H27FN4OS. The molecule has 2 aliphatic rings. The van der Waals surface area contributed by atoms with E-state index in [4.69, 9.17) is 0 Å². The summed E-state index contributed by atoms with van der Waals surface area (Å²) >= 11 is 1.45. The number of carbonyl (C=O) groups is 1. The summed E-state index contributed by atoms with van der Waals surface area (Å²) in [5.74, 6) is -0.395. The van der Waals surface area contributed by atoms with Gasteiger partial charge in [0, 0.05) is 50.6 Å². The Morgan fingerprint density at radius 1 is 0.968 bits per heavy atom. The molecule has 2 heterocycles. The largest absolute Gasteiger partial charge is 0.372 e. The minimum absolute atomic E-state index is 0.172. The van der Waals surface area contributed by atoms with Crippen LogP contribution in [0, 0.1) is 5.82 Å². The normalized spacial score (nSPS) is 18.0. The van der Waals surface area contributed by atoms with Crippen molar-refractivity contribution >= 4 is 40.3 Å². The van der Waals surface area contributed by atoms with Crippen LogP contribution in [-0.4, -0.2) is 55.2 Å². The van der Waals surface area contributed by atoms with E-state index in [1.165, 1.54) is 29.6 Å². The second kappa shape index (κ2) is 9.56. The molecule has 0 saturated carbocycles. The van der Waals surface area contributed by atoms with Gasteiger partial charge < -0.3 is 14.7 Å². The fourth-order valence-corrected chi connectivity index (χ4v) is 4.83. The highest BCUT2D eigenvalue weighted by Gasteiger charge is 2.28. The van der Waals surface area contributed by atoms with Crippen molar-refractivity contribution in [2.24, 2.45) is 4.99 Å². The van der Waals surface area contributed by atoms with E-state index in [0.717, 1.165) is 55.7 Å². The van der Waals surface area contributed by atoms with Crippen molar-refractivity contribution in [2.75, 3.05) is 49.1 Å². The summed E-state index contributed by atoms with van der Waals surface area (Å²) in [7, 11) is 0. The zero-order valence-corrected chi connectivity index (χ0v) is 18.7. The Morgan fingerprint density at radius 3 is 2.19 bits per heavy atom. The predicted octanol–water partition coefficient (Wildman–Crippen LogP) is 4.46. The van der Waals surface area contributed by atoms with Crippen molar-refractivity contribution in [2.45, 2.75) is 13.8 Å². The Labute approximate surface area is 187 Å². The first kappa shape index (κ1) is 21.4. The number of benzene rings is 2. The first-order chi connectivity index (χ1) is 15.1. The van der Waals surface area contributed by atoms with Crippen LogP contribution in [0.1, 0.15) is 19.4 Å². The minimum Gasteiger partial charge on any atom is -0.372 e. The number of amidine groups is 1. The number of aliphatic imine (C=N–C) groups is 1. The van der Waals surface area contributed by atoms with Gasteiger partial charge in [-0.05, 0) is 73.6 Å². The smallest absolute Gasteiger partial charge is 0.286 e. The van der Waals surface area contributed by atoms with Gasteiger partial charge in [-0.25, -0.2) is 4.39 Å². The number of rotatable bonds is 5. The third-order valence-corrected chi connectivity index (χ3v) is 6.72. The van der Waals surface area contributed by atoms with Gasteiger partial charge in [0.05, 0.1) is 4.91 Å². The fourth-order valence-electron chi connectivity index (χ4n) is 3.86. The van der Waals surface area contributed by atoms with Gasteiger partial charge >= 0.3 is 0 Å². The number of carbonyl (C=O) groups excluding carboxylic acids is 1. The van der Waals surface area contributed by atoms with Crippen molar-refractivity contribution in [1.29, 1.82) is 0 Å². The molecule has 0 spiro atoms. The van der Waals surface area contributed by atoms with Crippen LogP contribution in [0.5, 0.6) is 0 Å². The fraction of sp³-hybridized carbons (Fsp3) is 0.333. The van der Waals surface area contributed by atoms with Crippen LogP contribution < -0.4 is 9.80 Å². The van der Waals surface area contributed by atoms with Crippen molar-refractivity contribution < 1.29 is 9.18 Å². The van der Waals surface area contributed by atoms with Crippen molar-refractivity contribution in [1.82, 2.24) is 4.90 Å². The van der Waals surface area contributed by atoms with Crippen LogP contribution in [0.3, 0.4) is 0 Å². The van der Waals surface area contributed by atoms with E-state index in [9.17, 15) is 9.18 Å². The summed E-state index contributed by atoms with van der Waals surface area (Å²) in [6.07, 6.45) is 1.92. The van der Waals surface area contributed by atoms with E-state index in [1.54, 1.807) is 0 Å². The molecule has 0 N–H and O–H groups in total. The maximum atomic E-state index is 13.2. The van der Waals surface area contributed by atoms with E-state index < -0.39 is 0 Å². The number of halogens is 1. The van der Waals surface area contributed by atoms with Gasteiger partial charge in [0.2, 0.25) is 0 Å². The van der Waals surface area contributed by atoms with Gasteiger partial charge in [0.15, 0.2) is 5.17 Å². The molecule has 0 bridgehead atoms. The van der Waals surface area contributed by atoms with Crippen LogP contribution in [0.15, 0.2) is 58.4 Å². The molecule has 0 unspecified atom stereocenters. The number of hydrogen-bond donors (Lipinski definition) is 0. The molecule has 1 fully saturated rings. The zero-order chi connectivity index (χ0) is 21.8. The quantitative estimate of drug-likeness (QED) is 0.645. The Morgan fingerprint density at radius 2 is 1.58 bits per heavy atom. The van der Waals surface area contributed by atoms with E-state index >= 15 is 0 Å². The molecule has 5 nitrogen and oxygen atoms in total. The van der Waals surface area contributed by atoms with Crippen molar-refractivity contribution in [3.63, 3.8) is 0 Å². The summed E-state index contributed by atoms with van der Waals surface area (Å²) < 4.78 is 13.2. The van der Waals surface area contributed by atoms with Crippen molar-refractivity contribution in [3.8, 4) is 0 Å². The summed E-state index contributed by atoms with van der Waals surface area (Å²) in [6, 6.07) is 14.9. The zero-order valence-electron chi connectivity index (χ0n) is 17.9. The first-order valence-electron chi connectivity index (χ1n) is 10.7. The number of amides is 1. The lowest BCUT2D eigenvalue weighted by molar-refractivity contribution is -0.113. The lowest BCUT2D eigenvalue weighted by Crippen LogP contribution is -2.47. The highest BCUT2D eigenvalue weighted by Crippen LogP contribution is 2.31. The highest BCUT2D eigenvalue weighted by atomic mass is 32.2. The molecule has 4 rings (SSSR count). The number of piperazine rings is 1. The molecule has 0 aliphatic carbocycles. The molecule has 162 valence electrons. The van der Waals surface area contributed by atoms with E-state index in [1.807, 2.05) is 30.3 Å². The van der Waals surface area contributed by atoms with Gasteiger partial charge in [0.1, 0.15) is 5.82 Å². The summed E-state index contributed by atoms with van der Waals surface area (Å²) in [6.45, 7) is 9.41. The second-order valence-electron chi connectivity index (χ2n) is 7.52. The average Bonchev–Trinajstić information content (AvgIpc) is 3.16. The molecule has 1 saturated heterocycles. The van der Waals surface area contributed by atoms with Crippen LogP contribution in [0.25, 0.3) is 6.08 Å². The predicted molar refractivity (Wildman–Crippen MR) is 128 cm³/mol. The van der Waals surface area contributed by atoms with Gasteiger partial charge in [-0.1, -0.05) is 12.1 Å². The number of hydrogen-bond acceptors (Lipinski definition) is 5. The van der Waals surface area contributed by atoms with Gasteiger partial charge in [-0.2, -0.15) is 4.99 Å². The molecule has 0 aromatic heterocycles. The van der Waals surface area contributed by atoms with E-state index in [-0.39, 0.29) is 11.7 Å². The lowest BCUT2D eigenvalue weighted by Gasteiger charge is -2.36. The van der Waals surface area contributed by atoms with Gasteiger partial charge in [-0.15, -0.1) is 0 Å². The van der Waals surface area contributed by atoms with Crippen molar-refractivity contribution in [3.05, 3.63) is 64.8 Å². The molecule has 0 atom stereocenters. The van der Waals surface area contributed by atoms with Crippen LogP contribution in [-0.2, 0) is 4.79 Å². The summed E-state index contributed by atoms with van der Waals surface area (Å²) in [5.41, 5.74) is 3.21. The maximum absolute atomic E-state index is 13.2. The molecular weight excluding hydrogens is 411 g/mol. The standard InChI is InChI=1S/C24H27FN4OS/c1-3-27(4-2)20-9-5-18(6-10-20)17-22-23(30)26-24(31-22)29-15-13-28(14-16-29)21-11-7-19(25)8-12-21/h5-12,17H,3-4,13-16H2,1-2H3. The monoisotopic (exact) mass is 438 g/mol. The lowest BCUT2D eigenvalue weighted by atomic mass is 10.2. The first-order valence-corrected chi connectivity index (χ1v) is 11.5. The molecule has 0 radical (unpaired) electrons. The second-order valence-corrected chi connectivity index (χ2v) is 8.53. The Hall–Kier alpha value is -2.80. The molecule has 2 aromatic carbocycles. The number of anilines is 2. The number of nitrogens with zero attached hydrogens (tertiary/aromatic N) is 4. The van der Waals surface area contributed by atoms with Crippen LogP contribution in [0.2, 0.25) is 0 Å². The Bertz CT molecular complexity index is 976. The molecule has 1 amide bonds.